The van der Waals surface area contributed by atoms with Crippen LogP contribution in [0.5, 0.6) is 29.0 Å². The van der Waals surface area contributed by atoms with E-state index in [2.05, 4.69) is 15.2 Å². The van der Waals surface area contributed by atoms with Crippen LogP contribution in [0.3, 0.4) is 0 Å². The van der Waals surface area contributed by atoms with Crippen molar-refractivity contribution in [1.82, 2.24) is 14.8 Å². The Morgan fingerprint density at radius 3 is 2.35 bits per heavy atom. The average molecular weight is 512 g/mol. The maximum Gasteiger partial charge on any atom is 0.417 e. The van der Waals surface area contributed by atoms with Crippen molar-refractivity contribution in [1.29, 1.82) is 0 Å². The largest absolute Gasteiger partial charge is 0.493 e. The van der Waals surface area contributed by atoms with Gasteiger partial charge in [0.05, 0.1) is 30.1 Å². The number of aromatic nitrogens is 3. The van der Waals surface area contributed by atoms with Gasteiger partial charge in [-0.3, -0.25) is 0 Å². The van der Waals surface area contributed by atoms with Crippen LogP contribution >= 0.6 is 0 Å². The predicted octanol–water partition coefficient (Wildman–Crippen LogP) is 6.29. The Hall–Kier alpha value is -4.54. The number of methoxy groups -OCH3 is 1. The van der Waals surface area contributed by atoms with Gasteiger partial charge in [0, 0.05) is 19.3 Å². The molecule has 0 aliphatic rings. The molecule has 8 nitrogen and oxygen atoms in total. The lowest BCUT2D eigenvalue weighted by atomic mass is 10.2. The topological polar surface area (TPSA) is 80.0 Å². The molecule has 0 amide bonds. The molecule has 192 valence electrons. The molecule has 0 N–H and O–H groups in total. The van der Waals surface area contributed by atoms with Crippen LogP contribution < -0.4 is 14.2 Å². The van der Waals surface area contributed by atoms with E-state index in [-0.39, 0.29) is 12.5 Å². The predicted molar refractivity (Wildman–Crippen MR) is 129 cm³/mol. The number of oxime groups is 1. The Morgan fingerprint density at radius 2 is 1.70 bits per heavy atom. The quantitative estimate of drug-likeness (QED) is 0.194. The van der Waals surface area contributed by atoms with Crippen LogP contribution in [0.4, 0.5) is 13.2 Å². The first-order valence-corrected chi connectivity index (χ1v) is 11.0. The molecule has 11 heteroatoms. The molecule has 2 aromatic heterocycles. The molecule has 0 aliphatic heterocycles. The van der Waals surface area contributed by atoms with Crippen molar-refractivity contribution >= 4 is 6.21 Å². The minimum absolute atomic E-state index is 0.0552. The first-order valence-electron chi connectivity index (χ1n) is 11.0. The summed E-state index contributed by atoms with van der Waals surface area (Å²) in [6.07, 6.45) is -2.19. The summed E-state index contributed by atoms with van der Waals surface area (Å²) >= 11 is 0. The zero-order valence-electron chi connectivity index (χ0n) is 20.2. The fraction of sp³-hybridized carbons (Fsp3) is 0.192. The number of alkyl halides is 3. The lowest BCUT2D eigenvalue weighted by Crippen LogP contribution is -2.05. The lowest BCUT2D eigenvalue weighted by Gasteiger charge is -2.10. The van der Waals surface area contributed by atoms with Crippen molar-refractivity contribution in [2.24, 2.45) is 12.2 Å². The zero-order valence-corrected chi connectivity index (χ0v) is 20.2. The number of aryl methyl sites for hydroxylation is 2. The Kier molecular flexibility index (Phi) is 7.61. The second-order valence-corrected chi connectivity index (χ2v) is 7.82. The Labute approximate surface area is 210 Å². The highest BCUT2D eigenvalue weighted by atomic mass is 19.4. The highest BCUT2D eigenvalue weighted by molar-refractivity contribution is 5.84. The summed E-state index contributed by atoms with van der Waals surface area (Å²) in [5, 5.41) is 8.44. The Bertz CT molecular complexity index is 1370. The number of rotatable bonds is 9. The van der Waals surface area contributed by atoms with E-state index in [0.29, 0.717) is 34.4 Å². The van der Waals surface area contributed by atoms with Gasteiger partial charge in [0.15, 0.2) is 11.5 Å². The van der Waals surface area contributed by atoms with Crippen LogP contribution in [0.2, 0.25) is 0 Å². The van der Waals surface area contributed by atoms with E-state index in [0.717, 1.165) is 17.8 Å². The Balaban J connectivity index is 1.35. The van der Waals surface area contributed by atoms with Crippen molar-refractivity contribution in [3.05, 3.63) is 89.2 Å². The molecule has 0 bridgehead atoms. The van der Waals surface area contributed by atoms with Gasteiger partial charge >= 0.3 is 6.18 Å². The molecule has 0 aliphatic carbocycles. The summed E-state index contributed by atoms with van der Waals surface area (Å²) in [7, 11) is 3.33. The number of pyridine rings is 1. The molecule has 0 unspecified atom stereocenters. The summed E-state index contributed by atoms with van der Waals surface area (Å²) in [5.74, 6) is 2.08. The van der Waals surface area contributed by atoms with Crippen molar-refractivity contribution < 1.29 is 32.2 Å². The fourth-order valence-electron chi connectivity index (χ4n) is 3.31. The van der Waals surface area contributed by atoms with Crippen molar-refractivity contribution in [3.8, 4) is 29.0 Å². The number of halogens is 3. The van der Waals surface area contributed by atoms with E-state index in [1.807, 2.05) is 19.1 Å². The Morgan fingerprint density at radius 1 is 0.973 bits per heavy atom. The summed E-state index contributed by atoms with van der Waals surface area (Å²) in [6.45, 7) is 2.01. The van der Waals surface area contributed by atoms with E-state index in [9.17, 15) is 13.2 Å². The number of para-hydroxylation sites is 2. The van der Waals surface area contributed by atoms with Crippen molar-refractivity contribution in [2.75, 3.05) is 7.11 Å². The molecule has 2 aromatic carbocycles. The average Bonchev–Trinajstić information content (AvgIpc) is 3.14. The highest BCUT2D eigenvalue weighted by Crippen LogP contribution is 2.33. The lowest BCUT2D eigenvalue weighted by molar-refractivity contribution is -0.137. The van der Waals surface area contributed by atoms with Gasteiger partial charge in [0.2, 0.25) is 11.8 Å². The molecule has 2 heterocycles. The van der Waals surface area contributed by atoms with Crippen LogP contribution in [0, 0.1) is 6.92 Å². The zero-order chi connectivity index (χ0) is 26.4. The minimum Gasteiger partial charge on any atom is -0.493 e. The van der Waals surface area contributed by atoms with E-state index in [1.54, 1.807) is 55.2 Å². The van der Waals surface area contributed by atoms with E-state index in [1.165, 1.54) is 12.3 Å². The molecule has 0 radical (unpaired) electrons. The number of hydrogen-bond acceptors (Lipinski definition) is 7. The van der Waals surface area contributed by atoms with E-state index < -0.39 is 11.7 Å². The molecule has 0 saturated heterocycles. The molecule has 0 spiro atoms. The second-order valence-electron chi connectivity index (χ2n) is 7.82. The van der Waals surface area contributed by atoms with Gasteiger partial charge in [-0.1, -0.05) is 29.4 Å². The molecule has 0 saturated carbocycles. The minimum atomic E-state index is -4.45. The fourth-order valence-corrected chi connectivity index (χ4v) is 3.31. The second kappa shape index (κ2) is 11.0. The van der Waals surface area contributed by atoms with Gasteiger partial charge in [-0.15, -0.1) is 0 Å². The SMILES string of the molecule is COc1ccccc1Oc1c(/C=N/OCc2ccc(Oc3ccc(C(F)(F)F)cn3)cc2)c(C)nn1C. The summed E-state index contributed by atoms with van der Waals surface area (Å²) in [6, 6.07) is 16.2. The van der Waals surface area contributed by atoms with Crippen LogP contribution in [0.15, 0.2) is 72.0 Å². The van der Waals surface area contributed by atoms with Crippen LogP contribution in [-0.4, -0.2) is 28.1 Å². The van der Waals surface area contributed by atoms with Gasteiger partial charge in [0.1, 0.15) is 12.4 Å². The van der Waals surface area contributed by atoms with Gasteiger partial charge in [-0.2, -0.15) is 18.3 Å². The molecular formula is C26H23F3N4O4. The number of benzene rings is 2. The monoisotopic (exact) mass is 512 g/mol. The molecule has 4 rings (SSSR count). The first kappa shape index (κ1) is 25.5. The van der Waals surface area contributed by atoms with E-state index >= 15 is 0 Å². The maximum atomic E-state index is 12.7. The third-order valence-electron chi connectivity index (χ3n) is 5.19. The summed E-state index contributed by atoms with van der Waals surface area (Å²) < 4.78 is 56.4. The molecule has 4 aromatic rings. The first-order chi connectivity index (χ1) is 17.7. The summed E-state index contributed by atoms with van der Waals surface area (Å²) in [5.41, 5.74) is 1.32. The number of hydrogen-bond donors (Lipinski definition) is 0. The number of ether oxygens (including phenoxy) is 3. The smallest absolute Gasteiger partial charge is 0.417 e. The third-order valence-corrected chi connectivity index (χ3v) is 5.19. The van der Waals surface area contributed by atoms with Crippen molar-refractivity contribution in [2.45, 2.75) is 19.7 Å². The highest BCUT2D eigenvalue weighted by Gasteiger charge is 2.30. The molecule has 37 heavy (non-hydrogen) atoms. The van der Waals surface area contributed by atoms with Gasteiger partial charge in [-0.25, -0.2) is 9.67 Å². The maximum absolute atomic E-state index is 12.7. The molecular weight excluding hydrogens is 489 g/mol. The van der Waals surface area contributed by atoms with Crippen LogP contribution in [-0.2, 0) is 24.7 Å². The van der Waals surface area contributed by atoms with Gasteiger partial charge < -0.3 is 19.0 Å². The van der Waals surface area contributed by atoms with Crippen LogP contribution in [0.25, 0.3) is 0 Å². The van der Waals surface area contributed by atoms with Gasteiger partial charge in [-0.05, 0) is 42.8 Å². The molecule has 0 atom stereocenters. The normalized spacial score (nSPS) is 11.5. The van der Waals surface area contributed by atoms with Crippen molar-refractivity contribution in [3.63, 3.8) is 0 Å². The number of nitrogens with zero attached hydrogens (tertiary/aromatic N) is 4. The van der Waals surface area contributed by atoms with Gasteiger partial charge in [0.25, 0.3) is 0 Å². The summed E-state index contributed by atoms with van der Waals surface area (Å²) in [4.78, 5) is 9.13. The van der Waals surface area contributed by atoms with E-state index in [4.69, 9.17) is 19.0 Å². The van der Waals surface area contributed by atoms with Crippen LogP contribution in [0.1, 0.15) is 22.4 Å². The molecule has 0 fully saturated rings. The standard InChI is InChI=1S/C26H23F3N4O4/c1-17-21(25(33(2)32-17)37-23-7-5-4-6-22(23)34-3)15-31-35-16-18-8-11-20(12-9-18)36-24-13-10-19(14-30-24)26(27,28)29/h4-15H,16H2,1-3H3/b31-15+. The third kappa shape index (κ3) is 6.37.